The highest BCUT2D eigenvalue weighted by Gasteiger charge is 2.43. The summed E-state index contributed by atoms with van der Waals surface area (Å²) in [6.45, 7) is 1.45. The fourth-order valence-electron chi connectivity index (χ4n) is 3.23. The van der Waals surface area contributed by atoms with E-state index in [-0.39, 0.29) is 18.1 Å². The first-order valence-electron chi connectivity index (χ1n) is 6.97. The fraction of sp³-hybridized carbons (Fsp3) is 0.600. The van der Waals surface area contributed by atoms with E-state index in [1.807, 2.05) is 19.2 Å². The predicted molar refractivity (Wildman–Crippen MR) is 72.6 cm³/mol. The maximum atomic E-state index is 9.74. The summed E-state index contributed by atoms with van der Waals surface area (Å²) in [4.78, 5) is 0. The van der Waals surface area contributed by atoms with Gasteiger partial charge in [0.1, 0.15) is 13.2 Å². The van der Waals surface area contributed by atoms with E-state index in [1.165, 1.54) is 12.0 Å². The number of benzene rings is 1. The SMILES string of the molecule is CNC(c1ccc2c(c1)OCCO2)C1(CO)CCC1. The van der Waals surface area contributed by atoms with Gasteiger partial charge in [-0.15, -0.1) is 0 Å². The van der Waals surface area contributed by atoms with E-state index in [1.54, 1.807) is 0 Å². The van der Waals surface area contributed by atoms with Crippen molar-refractivity contribution in [2.24, 2.45) is 5.41 Å². The van der Waals surface area contributed by atoms with Crippen molar-refractivity contribution < 1.29 is 14.6 Å². The van der Waals surface area contributed by atoms with Gasteiger partial charge >= 0.3 is 0 Å². The van der Waals surface area contributed by atoms with Crippen molar-refractivity contribution in [1.82, 2.24) is 5.32 Å². The molecular formula is C15H21NO3. The summed E-state index contributed by atoms with van der Waals surface area (Å²) in [6, 6.07) is 6.26. The second kappa shape index (κ2) is 5.02. The molecule has 1 fully saturated rings. The van der Waals surface area contributed by atoms with Crippen LogP contribution in [0, 0.1) is 5.41 Å². The maximum Gasteiger partial charge on any atom is 0.161 e. The summed E-state index contributed by atoms with van der Waals surface area (Å²) in [5.74, 6) is 1.63. The molecule has 1 saturated carbocycles. The third-order valence-electron chi connectivity index (χ3n) is 4.46. The fourth-order valence-corrected chi connectivity index (χ4v) is 3.23. The van der Waals surface area contributed by atoms with E-state index in [2.05, 4.69) is 11.4 Å². The van der Waals surface area contributed by atoms with Crippen molar-refractivity contribution >= 4 is 0 Å². The van der Waals surface area contributed by atoms with Crippen LogP contribution >= 0.6 is 0 Å². The highest BCUT2D eigenvalue weighted by Crippen LogP contribution is 2.50. The van der Waals surface area contributed by atoms with Gasteiger partial charge in [0.15, 0.2) is 11.5 Å². The molecule has 2 aliphatic rings. The first-order chi connectivity index (χ1) is 9.29. The molecule has 0 bridgehead atoms. The van der Waals surface area contributed by atoms with Gasteiger partial charge in [0.25, 0.3) is 0 Å². The van der Waals surface area contributed by atoms with Gasteiger partial charge in [0.2, 0.25) is 0 Å². The van der Waals surface area contributed by atoms with Crippen LogP contribution < -0.4 is 14.8 Å². The molecular weight excluding hydrogens is 242 g/mol. The zero-order chi connectivity index (χ0) is 13.3. The number of fused-ring (bicyclic) bond motifs is 1. The van der Waals surface area contributed by atoms with Gasteiger partial charge < -0.3 is 19.9 Å². The van der Waals surface area contributed by atoms with Gasteiger partial charge in [-0.3, -0.25) is 0 Å². The number of hydrogen-bond acceptors (Lipinski definition) is 4. The van der Waals surface area contributed by atoms with Crippen LogP contribution in [0.4, 0.5) is 0 Å². The Labute approximate surface area is 113 Å². The molecule has 0 amide bonds. The van der Waals surface area contributed by atoms with Gasteiger partial charge in [-0.2, -0.15) is 0 Å². The molecule has 0 radical (unpaired) electrons. The first kappa shape index (κ1) is 12.8. The summed E-state index contributed by atoms with van der Waals surface area (Å²) < 4.78 is 11.2. The van der Waals surface area contributed by atoms with Crippen molar-refractivity contribution in [1.29, 1.82) is 0 Å². The zero-order valence-electron chi connectivity index (χ0n) is 11.3. The minimum Gasteiger partial charge on any atom is -0.486 e. The Bertz CT molecular complexity index is 451. The minimum atomic E-state index is -0.0154. The highest BCUT2D eigenvalue weighted by molar-refractivity contribution is 5.45. The van der Waals surface area contributed by atoms with E-state index in [0.29, 0.717) is 13.2 Å². The Balaban J connectivity index is 1.91. The van der Waals surface area contributed by atoms with Crippen molar-refractivity contribution in [3.8, 4) is 11.5 Å². The van der Waals surface area contributed by atoms with Crippen LogP contribution in [0.1, 0.15) is 30.9 Å². The van der Waals surface area contributed by atoms with E-state index in [0.717, 1.165) is 24.3 Å². The highest BCUT2D eigenvalue weighted by atomic mass is 16.6. The summed E-state index contributed by atoms with van der Waals surface area (Å²) in [5.41, 5.74) is 1.15. The van der Waals surface area contributed by atoms with Gasteiger partial charge in [-0.25, -0.2) is 0 Å². The molecule has 4 heteroatoms. The number of hydrogen-bond donors (Lipinski definition) is 2. The van der Waals surface area contributed by atoms with E-state index >= 15 is 0 Å². The van der Waals surface area contributed by atoms with Crippen LogP contribution in [0.25, 0.3) is 0 Å². The van der Waals surface area contributed by atoms with Crippen LogP contribution in [0.15, 0.2) is 18.2 Å². The van der Waals surface area contributed by atoms with Crippen molar-refractivity contribution in [3.63, 3.8) is 0 Å². The van der Waals surface area contributed by atoms with Crippen LogP contribution in [0.2, 0.25) is 0 Å². The largest absolute Gasteiger partial charge is 0.486 e. The Morgan fingerprint density at radius 2 is 2.00 bits per heavy atom. The minimum absolute atomic E-state index is 0.0154. The quantitative estimate of drug-likeness (QED) is 0.871. The third kappa shape index (κ3) is 2.09. The van der Waals surface area contributed by atoms with Gasteiger partial charge in [-0.1, -0.05) is 12.5 Å². The summed E-state index contributed by atoms with van der Waals surface area (Å²) in [6.07, 6.45) is 3.34. The molecule has 0 spiro atoms. The number of ether oxygens (including phenoxy) is 2. The van der Waals surface area contributed by atoms with Crippen molar-refractivity contribution in [2.45, 2.75) is 25.3 Å². The van der Waals surface area contributed by atoms with E-state index in [9.17, 15) is 5.11 Å². The third-order valence-corrected chi connectivity index (χ3v) is 4.46. The molecule has 0 saturated heterocycles. The molecule has 3 rings (SSSR count). The van der Waals surface area contributed by atoms with Crippen LogP contribution in [0.3, 0.4) is 0 Å². The molecule has 1 aromatic carbocycles. The first-order valence-corrected chi connectivity index (χ1v) is 6.97. The summed E-state index contributed by atoms with van der Waals surface area (Å²) in [7, 11) is 1.96. The lowest BCUT2D eigenvalue weighted by Gasteiger charge is -2.46. The van der Waals surface area contributed by atoms with Crippen molar-refractivity contribution in [3.05, 3.63) is 23.8 Å². The summed E-state index contributed by atoms with van der Waals surface area (Å²) >= 11 is 0. The average Bonchev–Trinajstić information content (AvgIpc) is 2.42. The Kier molecular flexibility index (Phi) is 3.37. The smallest absolute Gasteiger partial charge is 0.161 e. The molecule has 1 aliphatic carbocycles. The Morgan fingerprint density at radius 1 is 1.26 bits per heavy atom. The molecule has 1 atom stereocenters. The molecule has 19 heavy (non-hydrogen) atoms. The van der Waals surface area contributed by atoms with Gasteiger partial charge in [0, 0.05) is 11.5 Å². The lowest BCUT2D eigenvalue weighted by molar-refractivity contribution is 0.00768. The number of aliphatic hydroxyl groups is 1. The second-order valence-electron chi connectivity index (χ2n) is 5.50. The molecule has 4 nitrogen and oxygen atoms in total. The molecule has 1 aromatic rings. The lowest BCUT2D eigenvalue weighted by atomic mass is 9.63. The number of nitrogens with one attached hydrogen (secondary N) is 1. The van der Waals surface area contributed by atoms with Gasteiger partial charge in [-0.05, 0) is 37.6 Å². The monoisotopic (exact) mass is 263 g/mol. The second-order valence-corrected chi connectivity index (χ2v) is 5.50. The number of aliphatic hydroxyl groups excluding tert-OH is 1. The molecule has 1 unspecified atom stereocenters. The van der Waals surface area contributed by atoms with Crippen molar-refractivity contribution in [2.75, 3.05) is 26.9 Å². The summed E-state index contributed by atoms with van der Waals surface area (Å²) in [5, 5.41) is 13.1. The Morgan fingerprint density at radius 3 is 2.58 bits per heavy atom. The predicted octanol–water partition coefficient (Wildman–Crippen LogP) is 1.88. The van der Waals surface area contributed by atoms with Gasteiger partial charge in [0.05, 0.1) is 6.61 Å². The average molecular weight is 263 g/mol. The standard InChI is InChI=1S/C15H21NO3/c1-16-14(15(10-17)5-2-6-15)11-3-4-12-13(9-11)19-8-7-18-12/h3-4,9,14,16-17H,2,5-8,10H2,1H3. The molecule has 0 aromatic heterocycles. The van der Waals surface area contributed by atoms with E-state index < -0.39 is 0 Å². The van der Waals surface area contributed by atoms with Crippen LogP contribution in [-0.2, 0) is 0 Å². The molecule has 1 aliphatic heterocycles. The zero-order valence-corrected chi connectivity index (χ0v) is 11.3. The normalized spacial score (nSPS) is 21.6. The number of rotatable bonds is 4. The van der Waals surface area contributed by atoms with E-state index in [4.69, 9.17) is 9.47 Å². The molecule has 2 N–H and O–H groups in total. The molecule has 1 heterocycles. The lowest BCUT2D eigenvalue weighted by Crippen LogP contribution is -2.44. The maximum absolute atomic E-state index is 9.74. The van der Waals surface area contributed by atoms with Crippen LogP contribution in [0.5, 0.6) is 11.5 Å². The van der Waals surface area contributed by atoms with Crippen LogP contribution in [-0.4, -0.2) is 32.0 Å². The topological polar surface area (TPSA) is 50.7 Å². The molecule has 104 valence electrons. The Hall–Kier alpha value is -1.26.